The van der Waals surface area contributed by atoms with Crippen molar-refractivity contribution in [2.75, 3.05) is 11.2 Å². The molecule has 0 aliphatic rings. The fraction of sp³-hybridized carbons (Fsp3) is 0.625. The van der Waals surface area contributed by atoms with Gasteiger partial charge in [0.2, 0.25) is 11.9 Å². The fourth-order valence-electron chi connectivity index (χ4n) is 0.786. The second-order valence-corrected chi connectivity index (χ2v) is 4.13. The van der Waals surface area contributed by atoms with Crippen LogP contribution in [0.3, 0.4) is 0 Å². The molecular formula is C8H15N5O. The Morgan fingerprint density at radius 2 is 2.00 bits per heavy atom. The van der Waals surface area contributed by atoms with E-state index in [9.17, 15) is 4.79 Å². The van der Waals surface area contributed by atoms with E-state index in [2.05, 4.69) is 15.6 Å². The summed E-state index contributed by atoms with van der Waals surface area (Å²) in [7, 11) is 0. The standard InChI is InChI=1S/C8H15N5O/c1-5-10-11-7(9)13(5)12-6(14)8(2,3)4/h1-4H3,(H2,9,11)(H,12,14). The number of hydrogen-bond acceptors (Lipinski definition) is 4. The Morgan fingerprint density at radius 1 is 1.43 bits per heavy atom. The highest BCUT2D eigenvalue weighted by molar-refractivity contribution is 5.88. The third kappa shape index (κ3) is 2.01. The van der Waals surface area contributed by atoms with Crippen molar-refractivity contribution >= 4 is 11.9 Å². The van der Waals surface area contributed by atoms with E-state index in [4.69, 9.17) is 5.73 Å². The number of hydrogen-bond donors (Lipinski definition) is 2. The number of carbonyl (C=O) groups excluding carboxylic acids is 1. The summed E-state index contributed by atoms with van der Waals surface area (Å²) in [5.74, 6) is 0.604. The van der Waals surface area contributed by atoms with Crippen molar-refractivity contribution in [1.29, 1.82) is 0 Å². The maximum Gasteiger partial charge on any atom is 0.244 e. The molecule has 3 N–H and O–H groups in total. The Hall–Kier alpha value is -1.59. The van der Waals surface area contributed by atoms with Crippen LogP contribution in [0.5, 0.6) is 0 Å². The molecule has 6 heteroatoms. The first-order valence-electron chi connectivity index (χ1n) is 4.31. The molecule has 1 aromatic heterocycles. The van der Waals surface area contributed by atoms with E-state index in [0.29, 0.717) is 5.82 Å². The van der Waals surface area contributed by atoms with Gasteiger partial charge in [-0.2, -0.15) is 0 Å². The number of nitrogens with two attached hydrogens (primary N) is 1. The van der Waals surface area contributed by atoms with Crippen LogP contribution < -0.4 is 11.2 Å². The molecule has 0 spiro atoms. The lowest BCUT2D eigenvalue weighted by molar-refractivity contribution is -0.124. The average Bonchev–Trinajstić information content (AvgIpc) is 2.34. The summed E-state index contributed by atoms with van der Waals surface area (Å²) in [5, 5.41) is 7.35. The highest BCUT2D eigenvalue weighted by Gasteiger charge is 2.22. The number of aromatic nitrogens is 3. The largest absolute Gasteiger partial charge is 0.366 e. The van der Waals surface area contributed by atoms with E-state index in [0.717, 1.165) is 0 Å². The van der Waals surface area contributed by atoms with E-state index in [1.807, 2.05) is 20.8 Å². The van der Waals surface area contributed by atoms with Gasteiger partial charge in [-0.05, 0) is 6.92 Å². The molecule has 0 atom stereocenters. The Labute approximate surface area is 82.5 Å². The zero-order valence-corrected chi connectivity index (χ0v) is 8.83. The Balaban J connectivity index is 2.85. The van der Waals surface area contributed by atoms with Gasteiger partial charge in [0.1, 0.15) is 0 Å². The molecule has 1 aromatic rings. The van der Waals surface area contributed by atoms with Crippen LogP contribution in [0.2, 0.25) is 0 Å². The number of nitrogens with one attached hydrogen (secondary N) is 1. The molecule has 78 valence electrons. The van der Waals surface area contributed by atoms with Gasteiger partial charge >= 0.3 is 0 Å². The summed E-state index contributed by atoms with van der Waals surface area (Å²) in [5.41, 5.74) is 7.66. The third-order valence-electron chi connectivity index (χ3n) is 1.74. The van der Waals surface area contributed by atoms with Crippen molar-refractivity contribution in [1.82, 2.24) is 14.9 Å². The summed E-state index contributed by atoms with van der Waals surface area (Å²) in [4.78, 5) is 11.6. The molecule has 1 heterocycles. The quantitative estimate of drug-likeness (QED) is 0.677. The van der Waals surface area contributed by atoms with Gasteiger partial charge in [0.15, 0.2) is 5.82 Å². The second-order valence-electron chi connectivity index (χ2n) is 4.13. The first kappa shape index (κ1) is 10.5. The van der Waals surface area contributed by atoms with Crippen molar-refractivity contribution in [3.63, 3.8) is 0 Å². The molecule has 0 aromatic carbocycles. The highest BCUT2D eigenvalue weighted by atomic mass is 16.2. The van der Waals surface area contributed by atoms with Crippen LogP contribution in [0.15, 0.2) is 0 Å². The van der Waals surface area contributed by atoms with Crippen LogP contribution in [0.25, 0.3) is 0 Å². The minimum absolute atomic E-state index is 0.132. The fourth-order valence-corrected chi connectivity index (χ4v) is 0.786. The lowest BCUT2D eigenvalue weighted by atomic mass is 9.96. The number of nitrogen functional groups attached to an aromatic ring is 1. The number of carbonyl (C=O) groups is 1. The van der Waals surface area contributed by atoms with Gasteiger partial charge < -0.3 is 5.73 Å². The van der Waals surface area contributed by atoms with E-state index >= 15 is 0 Å². The van der Waals surface area contributed by atoms with Crippen molar-refractivity contribution in [2.45, 2.75) is 27.7 Å². The summed E-state index contributed by atoms with van der Waals surface area (Å²) in [6, 6.07) is 0. The highest BCUT2D eigenvalue weighted by Crippen LogP contribution is 2.13. The van der Waals surface area contributed by atoms with E-state index < -0.39 is 5.41 Å². The predicted molar refractivity (Wildman–Crippen MR) is 53.0 cm³/mol. The molecule has 1 amide bonds. The maximum absolute atomic E-state index is 11.6. The molecular weight excluding hydrogens is 182 g/mol. The minimum Gasteiger partial charge on any atom is -0.366 e. The summed E-state index contributed by atoms with van der Waals surface area (Å²) >= 11 is 0. The van der Waals surface area contributed by atoms with Crippen molar-refractivity contribution in [3.8, 4) is 0 Å². The molecule has 6 nitrogen and oxygen atoms in total. The van der Waals surface area contributed by atoms with Gasteiger partial charge in [-0.25, -0.2) is 4.68 Å². The van der Waals surface area contributed by atoms with Gasteiger partial charge in [0, 0.05) is 5.41 Å². The molecule has 0 saturated heterocycles. The topological polar surface area (TPSA) is 85.8 Å². The molecule has 14 heavy (non-hydrogen) atoms. The molecule has 0 aliphatic heterocycles. The lowest BCUT2D eigenvalue weighted by Gasteiger charge is -2.18. The smallest absolute Gasteiger partial charge is 0.244 e. The number of nitrogens with zero attached hydrogens (tertiary/aromatic N) is 3. The summed E-state index contributed by atoms with van der Waals surface area (Å²) in [6.45, 7) is 7.17. The number of amides is 1. The Morgan fingerprint density at radius 3 is 2.36 bits per heavy atom. The third-order valence-corrected chi connectivity index (χ3v) is 1.74. The first-order chi connectivity index (χ1) is 6.32. The second kappa shape index (κ2) is 3.28. The van der Waals surface area contributed by atoms with Crippen LogP contribution in [0.1, 0.15) is 26.6 Å². The van der Waals surface area contributed by atoms with Crippen molar-refractivity contribution in [3.05, 3.63) is 5.82 Å². The van der Waals surface area contributed by atoms with Gasteiger partial charge in [0.25, 0.3) is 0 Å². The van der Waals surface area contributed by atoms with Crippen LogP contribution in [-0.4, -0.2) is 20.8 Å². The van der Waals surface area contributed by atoms with E-state index in [1.54, 1.807) is 6.92 Å². The van der Waals surface area contributed by atoms with Crippen LogP contribution in [-0.2, 0) is 4.79 Å². The molecule has 0 aliphatic carbocycles. The molecule has 0 radical (unpaired) electrons. The van der Waals surface area contributed by atoms with Crippen molar-refractivity contribution < 1.29 is 4.79 Å². The molecule has 0 unspecified atom stereocenters. The number of anilines is 1. The van der Waals surface area contributed by atoms with Crippen LogP contribution >= 0.6 is 0 Å². The monoisotopic (exact) mass is 197 g/mol. The zero-order chi connectivity index (χ0) is 10.9. The SMILES string of the molecule is Cc1nnc(N)n1NC(=O)C(C)(C)C. The van der Waals surface area contributed by atoms with E-state index in [-0.39, 0.29) is 11.9 Å². The molecule has 1 rings (SSSR count). The molecule has 0 saturated carbocycles. The average molecular weight is 197 g/mol. The maximum atomic E-state index is 11.6. The summed E-state index contributed by atoms with van der Waals surface area (Å²) in [6.07, 6.45) is 0. The van der Waals surface area contributed by atoms with Gasteiger partial charge in [-0.3, -0.25) is 10.2 Å². The van der Waals surface area contributed by atoms with Gasteiger partial charge in [0.05, 0.1) is 0 Å². The van der Waals surface area contributed by atoms with Crippen LogP contribution in [0.4, 0.5) is 5.95 Å². The van der Waals surface area contributed by atoms with E-state index in [1.165, 1.54) is 4.68 Å². The summed E-state index contributed by atoms with van der Waals surface area (Å²) < 4.78 is 1.37. The predicted octanol–water partition coefficient (Wildman–Crippen LogP) is 0.285. The number of aryl methyl sites for hydroxylation is 1. The lowest BCUT2D eigenvalue weighted by Crippen LogP contribution is -2.34. The Kier molecular flexibility index (Phi) is 2.46. The van der Waals surface area contributed by atoms with Gasteiger partial charge in [-0.1, -0.05) is 20.8 Å². The van der Waals surface area contributed by atoms with Crippen LogP contribution in [0, 0.1) is 12.3 Å². The first-order valence-corrected chi connectivity index (χ1v) is 4.31. The van der Waals surface area contributed by atoms with Gasteiger partial charge in [-0.15, -0.1) is 10.2 Å². The minimum atomic E-state index is -0.469. The molecule has 0 fully saturated rings. The number of rotatable bonds is 1. The van der Waals surface area contributed by atoms with Crippen molar-refractivity contribution in [2.24, 2.45) is 5.41 Å². The zero-order valence-electron chi connectivity index (χ0n) is 8.83. The Bertz CT molecular complexity index is 330. The normalized spacial score (nSPS) is 11.4. The molecule has 0 bridgehead atoms.